The van der Waals surface area contributed by atoms with Crippen molar-refractivity contribution in [3.05, 3.63) is 20.8 Å². The lowest BCUT2D eigenvalue weighted by molar-refractivity contribution is 0.356. The fourth-order valence-electron chi connectivity index (χ4n) is 2.81. The Hall–Kier alpha value is 0.140. The minimum atomic E-state index is 0.749. The second-order valence-electron chi connectivity index (χ2n) is 4.77. The average Bonchev–Trinajstić information content (AvgIpc) is 2.80. The summed E-state index contributed by atoms with van der Waals surface area (Å²) in [5.74, 6) is 1.69. The largest absolute Gasteiger partial charge is 0.314 e. The van der Waals surface area contributed by atoms with Gasteiger partial charge < -0.3 is 5.32 Å². The molecule has 0 amide bonds. The molecule has 0 radical (unpaired) electrons. The maximum atomic E-state index is 3.61. The van der Waals surface area contributed by atoms with Gasteiger partial charge in [-0.2, -0.15) is 0 Å². The standard InChI is InChI=1S/C13H20BrNS/c1-3-15-12-6-4-10(9(12)2)8-11-5-7-13(14)16-11/h5,7,9-10,12,15H,3-4,6,8H2,1-2H3. The van der Waals surface area contributed by atoms with Gasteiger partial charge >= 0.3 is 0 Å². The fourth-order valence-corrected chi connectivity index (χ4v) is 4.38. The number of halogens is 1. The van der Waals surface area contributed by atoms with Gasteiger partial charge in [-0.1, -0.05) is 13.8 Å². The van der Waals surface area contributed by atoms with Gasteiger partial charge in [0.15, 0.2) is 0 Å². The molecule has 1 aliphatic rings. The number of hydrogen-bond donors (Lipinski definition) is 1. The Morgan fingerprint density at radius 3 is 2.88 bits per heavy atom. The van der Waals surface area contributed by atoms with Crippen molar-refractivity contribution in [2.45, 2.75) is 39.2 Å². The Morgan fingerprint density at radius 2 is 2.25 bits per heavy atom. The van der Waals surface area contributed by atoms with Gasteiger partial charge in [0.2, 0.25) is 0 Å². The summed E-state index contributed by atoms with van der Waals surface area (Å²) in [6.07, 6.45) is 4.00. The minimum Gasteiger partial charge on any atom is -0.314 e. The molecule has 3 atom stereocenters. The smallest absolute Gasteiger partial charge is 0.0701 e. The van der Waals surface area contributed by atoms with Gasteiger partial charge in [-0.05, 0) is 65.7 Å². The summed E-state index contributed by atoms with van der Waals surface area (Å²) in [6, 6.07) is 5.18. The second kappa shape index (κ2) is 5.65. The van der Waals surface area contributed by atoms with Crippen LogP contribution in [0, 0.1) is 11.8 Å². The predicted octanol–water partition coefficient (Wildman–Crippen LogP) is 4.08. The highest BCUT2D eigenvalue weighted by Crippen LogP contribution is 2.36. The molecule has 16 heavy (non-hydrogen) atoms. The maximum Gasteiger partial charge on any atom is 0.0701 e. The third-order valence-electron chi connectivity index (χ3n) is 3.79. The normalized spacial score (nSPS) is 29.8. The van der Waals surface area contributed by atoms with E-state index < -0.39 is 0 Å². The summed E-state index contributed by atoms with van der Waals surface area (Å²) in [4.78, 5) is 1.53. The van der Waals surface area contributed by atoms with Crippen molar-refractivity contribution in [3.63, 3.8) is 0 Å². The van der Waals surface area contributed by atoms with E-state index in [4.69, 9.17) is 0 Å². The first kappa shape index (κ1) is 12.6. The van der Waals surface area contributed by atoms with Crippen LogP contribution in [0.1, 0.15) is 31.6 Å². The van der Waals surface area contributed by atoms with E-state index in [1.807, 2.05) is 11.3 Å². The predicted molar refractivity (Wildman–Crippen MR) is 75.1 cm³/mol. The molecule has 1 heterocycles. The molecule has 1 aromatic rings. The lowest BCUT2D eigenvalue weighted by atomic mass is 9.92. The van der Waals surface area contributed by atoms with Gasteiger partial charge in [0, 0.05) is 10.9 Å². The van der Waals surface area contributed by atoms with Crippen LogP contribution in [0.5, 0.6) is 0 Å². The maximum absolute atomic E-state index is 3.61. The van der Waals surface area contributed by atoms with Crippen LogP contribution >= 0.6 is 27.3 Å². The van der Waals surface area contributed by atoms with Crippen LogP contribution in [0.15, 0.2) is 15.9 Å². The summed E-state index contributed by atoms with van der Waals surface area (Å²) in [6.45, 7) is 5.72. The van der Waals surface area contributed by atoms with Gasteiger partial charge in [0.1, 0.15) is 0 Å². The Kier molecular flexibility index (Phi) is 4.45. The molecule has 0 spiro atoms. The molecule has 1 aromatic heterocycles. The molecule has 1 N–H and O–H groups in total. The van der Waals surface area contributed by atoms with E-state index in [1.54, 1.807) is 0 Å². The van der Waals surface area contributed by atoms with Crippen LogP contribution in [0.2, 0.25) is 0 Å². The molecule has 1 nitrogen and oxygen atoms in total. The summed E-state index contributed by atoms with van der Waals surface area (Å²) >= 11 is 5.43. The van der Waals surface area contributed by atoms with Crippen molar-refractivity contribution < 1.29 is 0 Å². The summed E-state index contributed by atoms with van der Waals surface area (Å²) in [5.41, 5.74) is 0. The minimum absolute atomic E-state index is 0.749. The van der Waals surface area contributed by atoms with Crippen molar-refractivity contribution in [2.75, 3.05) is 6.54 Å². The number of hydrogen-bond acceptors (Lipinski definition) is 2. The van der Waals surface area contributed by atoms with Gasteiger partial charge in [0.05, 0.1) is 3.79 Å². The fraction of sp³-hybridized carbons (Fsp3) is 0.692. The third-order valence-corrected chi connectivity index (χ3v) is 5.43. The Bertz CT molecular complexity index is 336. The molecule has 3 heteroatoms. The van der Waals surface area contributed by atoms with Crippen LogP contribution in [-0.4, -0.2) is 12.6 Å². The summed E-state index contributed by atoms with van der Waals surface area (Å²) in [5, 5.41) is 3.61. The molecule has 1 saturated carbocycles. The summed E-state index contributed by atoms with van der Waals surface area (Å²) < 4.78 is 1.26. The Morgan fingerprint density at radius 1 is 1.44 bits per heavy atom. The highest BCUT2D eigenvalue weighted by molar-refractivity contribution is 9.11. The van der Waals surface area contributed by atoms with E-state index in [2.05, 4.69) is 47.2 Å². The summed E-state index contributed by atoms with van der Waals surface area (Å²) in [7, 11) is 0. The molecule has 1 aliphatic carbocycles. The van der Waals surface area contributed by atoms with E-state index in [0.29, 0.717) is 0 Å². The van der Waals surface area contributed by atoms with Gasteiger partial charge in [0.25, 0.3) is 0 Å². The van der Waals surface area contributed by atoms with Gasteiger partial charge in [-0.25, -0.2) is 0 Å². The first-order valence-corrected chi connectivity index (χ1v) is 7.79. The van der Waals surface area contributed by atoms with Crippen LogP contribution in [-0.2, 0) is 6.42 Å². The molecular formula is C13H20BrNS. The Balaban J connectivity index is 1.92. The van der Waals surface area contributed by atoms with Crippen LogP contribution in [0.25, 0.3) is 0 Å². The molecule has 2 rings (SSSR count). The van der Waals surface area contributed by atoms with Gasteiger partial charge in [-0.15, -0.1) is 11.3 Å². The molecular weight excluding hydrogens is 282 g/mol. The van der Waals surface area contributed by atoms with E-state index in [0.717, 1.165) is 24.4 Å². The SMILES string of the molecule is CCNC1CCC(Cc2ccc(Br)s2)C1C. The molecule has 3 unspecified atom stereocenters. The van der Waals surface area contributed by atoms with E-state index in [1.165, 1.54) is 27.9 Å². The highest BCUT2D eigenvalue weighted by Gasteiger charge is 2.32. The lowest BCUT2D eigenvalue weighted by Crippen LogP contribution is -2.32. The zero-order valence-electron chi connectivity index (χ0n) is 10.0. The monoisotopic (exact) mass is 301 g/mol. The van der Waals surface area contributed by atoms with Crippen LogP contribution < -0.4 is 5.32 Å². The molecule has 0 saturated heterocycles. The number of nitrogens with one attached hydrogen (secondary N) is 1. The van der Waals surface area contributed by atoms with Crippen LogP contribution in [0.4, 0.5) is 0 Å². The van der Waals surface area contributed by atoms with E-state index in [9.17, 15) is 0 Å². The third kappa shape index (κ3) is 2.88. The first-order valence-electron chi connectivity index (χ1n) is 6.18. The first-order chi connectivity index (χ1) is 7.70. The molecule has 1 fully saturated rings. The van der Waals surface area contributed by atoms with Crippen molar-refractivity contribution in [1.82, 2.24) is 5.32 Å². The van der Waals surface area contributed by atoms with Crippen molar-refractivity contribution in [2.24, 2.45) is 11.8 Å². The second-order valence-corrected chi connectivity index (χ2v) is 7.32. The van der Waals surface area contributed by atoms with Gasteiger partial charge in [-0.3, -0.25) is 0 Å². The number of thiophene rings is 1. The van der Waals surface area contributed by atoms with Crippen LogP contribution in [0.3, 0.4) is 0 Å². The lowest BCUT2D eigenvalue weighted by Gasteiger charge is -2.20. The zero-order chi connectivity index (χ0) is 11.5. The molecule has 0 bridgehead atoms. The quantitative estimate of drug-likeness (QED) is 0.884. The zero-order valence-corrected chi connectivity index (χ0v) is 12.4. The topological polar surface area (TPSA) is 12.0 Å². The molecule has 90 valence electrons. The van der Waals surface area contributed by atoms with E-state index >= 15 is 0 Å². The molecule has 0 aliphatic heterocycles. The average molecular weight is 302 g/mol. The van der Waals surface area contributed by atoms with E-state index in [-0.39, 0.29) is 0 Å². The highest BCUT2D eigenvalue weighted by atomic mass is 79.9. The van der Waals surface area contributed by atoms with Crippen molar-refractivity contribution in [1.29, 1.82) is 0 Å². The Labute approximate surface area is 111 Å². The number of rotatable bonds is 4. The van der Waals surface area contributed by atoms with Crippen molar-refractivity contribution in [3.8, 4) is 0 Å². The van der Waals surface area contributed by atoms with Crippen molar-refractivity contribution >= 4 is 27.3 Å². The molecule has 0 aromatic carbocycles.